The Morgan fingerprint density at radius 3 is 2.70 bits per heavy atom. The van der Waals surface area contributed by atoms with E-state index in [-0.39, 0.29) is 46.2 Å². The molecule has 3 fully saturated rings. The number of aliphatic hydroxyl groups is 1. The third-order valence-corrected chi connectivity index (χ3v) is 13.4. The number of pyridine rings is 1. The lowest BCUT2D eigenvalue weighted by atomic mass is 9.45. The standard InChI is InChI=1S/C34H36N2O5S2/c1-32-14-12-21(37)17-20(32)10-11-22-23-13-15-34(33(23,2)18-26(38)29(22)32,41-30(40)25-8-5-6-16-35-25)28(39)19-42-31-36-24-7-3-4-9-27(24)43-31/h3-9,16-17,22-23,26,29,38H,10-15,18-19H2,1-2H3/t22?,23?,26-,29?,32?,33?,34-/m0/s1. The first-order chi connectivity index (χ1) is 20.6. The number of nitrogens with zero attached hydrogens (tertiary/aromatic N) is 2. The summed E-state index contributed by atoms with van der Waals surface area (Å²) in [5.74, 6) is -0.165. The van der Waals surface area contributed by atoms with E-state index in [1.807, 2.05) is 30.3 Å². The van der Waals surface area contributed by atoms with E-state index < -0.39 is 23.1 Å². The Kier molecular flexibility index (Phi) is 7.14. The predicted octanol–water partition coefficient (Wildman–Crippen LogP) is 6.45. The van der Waals surface area contributed by atoms with Gasteiger partial charge in [-0.1, -0.05) is 49.4 Å². The van der Waals surface area contributed by atoms with Gasteiger partial charge >= 0.3 is 5.97 Å². The predicted molar refractivity (Wildman–Crippen MR) is 166 cm³/mol. The summed E-state index contributed by atoms with van der Waals surface area (Å²) in [7, 11) is 0. The number of hydrogen-bond acceptors (Lipinski definition) is 9. The molecular weight excluding hydrogens is 581 g/mol. The number of thioether (sulfide) groups is 1. The van der Waals surface area contributed by atoms with E-state index in [1.54, 1.807) is 35.7 Å². The highest BCUT2D eigenvalue weighted by molar-refractivity contribution is 8.01. The molecule has 0 radical (unpaired) electrons. The monoisotopic (exact) mass is 616 g/mol. The van der Waals surface area contributed by atoms with Crippen LogP contribution in [0.15, 0.2) is 64.7 Å². The molecule has 0 bridgehead atoms. The van der Waals surface area contributed by atoms with Crippen molar-refractivity contribution in [1.29, 1.82) is 0 Å². The van der Waals surface area contributed by atoms with E-state index in [4.69, 9.17) is 9.72 Å². The summed E-state index contributed by atoms with van der Waals surface area (Å²) in [4.78, 5) is 49.3. The fraction of sp³-hybridized carbons (Fsp3) is 0.500. The molecule has 0 spiro atoms. The van der Waals surface area contributed by atoms with Crippen LogP contribution in [-0.2, 0) is 14.3 Å². The number of carbonyl (C=O) groups excluding carboxylic acids is 3. The van der Waals surface area contributed by atoms with Gasteiger partial charge in [-0.2, -0.15) is 0 Å². The zero-order chi connectivity index (χ0) is 30.0. The molecule has 0 amide bonds. The van der Waals surface area contributed by atoms with Crippen LogP contribution in [0.1, 0.15) is 69.3 Å². The van der Waals surface area contributed by atoms with Crippen molar-refractivity contribution < 1.29 is 24.2 Å². The maximum absolute atomic E-state index is 14.5. The van der Waals surface area contributed by atoms with E-state index in [9.17, 15) is 19.5 Å². The Hall–Kier alpha value is -2.88. The molecule has 7 rings (SSSR count). The minimum Gasteiger partial charge on any atom is -0.446 e. The van der Waals surface area contributed by atoms with Crippen LogP contribution < -0.4 is 0 Å². The van der Waals surface area contributed by atoms with Crippen LogP contribution in [0, 0.1) is 28.6 Å². The number of ether oxygens (including phenoxy) is 1. The molecule has 9 heteroatoms. The molecule has 3 saturated carbocycles. The van der Waals surface area contributed by atoms with Gasteiger partial charge in [-0.25, -0.2) is 14.8 Å². The van der Waals surface area contributed by atoms with Crippen molar-refractivity contribution in [3.05, 3.63) is 66.0 Å². The fourth-order valence-electron chi connectivity index (χ4n) is 9.21. The zero-order valence-electron chi connectivity index (χ0n) is 24.5. The van der Waals surface area contributed by atoms with Crippen LogP contribution >= 0.6 is 23.1 Å². The van der Waals surface area contributed by atoms with Crippen LogP contribution in [0.3, 0.4) is 0 Å². The number of hydrogen-bond donors (Lipinski definition) is 1. The van der Waals surface area contributed by atoms with E-state index in [0.29, 0.717) is 19.3 Å². The van der Waals surface area contributed by atoms with E-state index in [2.05, 4.69) is 18.8 Å². The molecule has 5 unspecified atom stereocenters. The SMILES string of the molecule is CC12CCC(=O)C=C1CCC1C2[C@@H](O)CC2(C)C1CC[C@]2(OC(=O)c1ccccn1)C(=O)CSc1nc2ccccc2s1. The Balaban J connectivity index is 1.23. The second-order valence-electron chi connectivity index (χ2n) is 13.2. The quantitative estimate of drug-likeness (QED) is 0.249. The highest BCUT2D eigenvalue weighted by atomic mass is 32.2. The first-order valence-corrected chi connectivity index (χ1v) is 17.0. The van der Waals surface area contributed by atoms with Crippen molar-refractivity contribution in [2.24, 2.45) is 28.6 Å². The van der Waals surface area contributed by atoms with Gasteiger partial charge < -0.3 is 9.84 Å². The molecule has 2 aromatic heterocycles. The van der Waals surface area contributed by atoms with Crippen LogP contribution in [0.25, 0.3) is 10.2 Å². The van der Waals surface area contributed by atoms with Crippen molar-refractivity contribution >= 4 is 50.9 Å². The fourth-order valence-corrected chi connectivity index (χ4v) is 11.2. The molecule has 0 saturated heterocycles. The summed E-state index contributed by atoms with van der Waals surface area (Å²) in [5.41, 5.74) is -0.132. The molecule has 7 nitrogen and oxygen atoms in total. The van der Waals surface area contributed by atoms with Crippen LogP contribution in [-0.4, -0.2) is 50.1 Å². The summed E-state index contributed by atoms with van der Waals surface area (Å²) in [5, 5.41) is 12.0. The summed E-state index contributed by atoms with van der Waals surface area (Å²) in [6.07, 6.45) is 7.15. The Morgan fingerprint density at radius 1 is 1.09 bits per heavy atom. The Bertz CT molecular complexity index is 1600. The molecule has 4 aliphatic rings. The molecule has 3 aromatic rings. The van der Waals surface area contributed by atoms with Crippen LogP contribution in [0.5, 0.6) is 0 Å². The number of carbonyl (C=O) groups is 3. The second kappa shape index (κ2) is 10.6. The molecule has 1 N–H and O–H groups in total. The normalized spacial score (nSPS) is 35.0. The summed E-state index contributed by atoms with van der Waals surface area (Å²) in [6, 6.07) is 13.0. The number of esters is 1. The van der Waals surface area contributed by atoms with E-state index in [1.165, 1.54) is 17.3 Å². The van der Waals surface area contributed by atoms with Gasteiger partial charge in [-0.15, -0.1) is 11.3 Å². The summed E-state index contributed by atoms with van der Waals surface area (Å²) in [6.45, 7) is 4.28. The van der Waals surface area contributed by atoms with Crippen molar-refractivity contribution in [3.8, 4) is 0 Å². The van der Waals surface area contributed by atoms with Gasteiger partial charge in [0.05, 0.1) is 22.1 Å². The average Bonchev–Trinajstić information content (AvgIpc) is 3.55. The maximum Gasteiger partial charge on any atom is 0.357 e. The lowest BCUT2D eigenvalue weighted by molar-refractivity contribution is -0.180. The minimum atomic E-state index is -1.39. The number of ketones is 2. The van der Waals surface area contributed by atoms with Crippen molar-refractivity contribution in [2.45, 2.75) is 74.8 Å². The van der Waals surface area contributed by atoms with Crippen LogP contribution in [0.4, 0.5) is 0 Å². The van der Waals surface area contributed by atoms with Crippen molar-refractivity contribution in [1.82, 2.24) is 9.97 Å². The Morgan fingerprint density at radius 2 is 1.91 bits per heavy atom. The number of aromatic nitrogens is 2. The van der Waals surface area contributed by atoms with Crippen molar-refractivity contribution in [3.63, 3.8) is 0 Å². The number of Topliss-reactive ketones (excluding diaryl/α,β-unsaturated/α-hetero) is 1. The van der Waals surface area contributed by atoms with Crippen LogP contribution in [0.2, 0.25) is 0 Å². The first kappa shape index (κ1) is 28.9. The highest BCUT2D eigenvalue weighted by Crippen LogP contribution is 2.68. The lowest BCUT2D eigenvalue weighted by Crippen LogP contribution is -2.63. The average molecular weight is 617 g/mol. The van der Waals surface area contributed by atoms with Gasteiger partial charge in [0.2, 0.25) is 0 Å². The maximum atomic E-state index is 14.5. The zero-order valence-corrected chi connectivity index (χ0v) is 26.1. The molecule has 7 atom stereocenters. The van der Waals surface area contributed by atoms with Gasteiger partial charge in [0.15, 0.2) is 21.5 Å². The number of para-hydroxylation sites is 1. The lowest BCUT2D eigenvalue weighted by Gasteiger charge is -2.60. The van der Waals surface area contributed by atoms with Gasteiger partial charge in [-0.05, 0) is 92.0 Å². The second-order valence-corrected chi connectivity index (χ2v) is 15.5. The highest BCUT2D eigenvalue weighted by Gasteiger charge is 2.70. The number of thiazole rings is 1. The summed E-state index contributed by atoms with van der Waals surface area (Å²) < 4.78 is 8.26. The number of allylic oxidation sites excluding steroid dienone is 1. The molecule has 4 aliphatic carbocycles. The molecule has 224 valence electrons. The van der Waals surface area contributed by atoms with Gasteiger partial charge in [-0.3, -0.25) is 9.59 Å². The number of benzene rings is 1. The number of rotatable bonds is 6. The third kappa shape index (κ3) is 4.53. The summed E-state index contributed by atoms with van der Waals surface area (Å²) >= 11 is 2.94. The molecule has 2 heterocycles. The largest absolute Gasteiger partial charge is 0.446 e. The minimum absolute atomic E-state index is 0.00759. The molecular formula is C34H36N2O5S2. The molecule has 0 aliphatic heterocycles. The topological polar surface area (TPSA) is 106 Å². The molecule has 1 aromatic carbocycles. The number of fused-ring (bicyclic) bond motifs is 6. The van der Waals surface area contributed by atoms with Gasteiger partial charge in [0, 0.05) is 18.0 Å². The van der Waals surface area contributed by atoms with Gasteiger partial charge in [0.25, 0.3) is 0 Å². The molecule has 43 heavy (non-hydrogen) atoms. The van der Waals surface area contributed by atoms with E-state index in [0.717, 1.165) is 40.2 Å². The number of aliphatic hydroxyl groups excluding tert-OH is 1. The first-order valence-electron chi connectivity index (χ1n) is 15.2. The van der Waals surface area contributed by atoms with Crippen molar-refractivity contribution in [2.75, 3.05) is 5.75 Å². The third-order valence-electron chi connectivity index (χ3n) is 11.2. The van der Waals surface area contributed by atoms with E-state index >= 15 is 0 Å². The smallest absolute Gasteiger partial charge is 0.357 e. The van der Waals surface area contributed by atoms with Gasteiger partial charge in [0.1, 0.15) is 5.69 Å². The Labute approximate surface area is 259 Å².